The van der Waals surface area contributed by atoms with Crippen molar-refractivity contribution in [3.63, 3.8) is 0 Å². The van der Waals surface area contributed by atoms with E-state index in [2.05, 4.69) is 52.1 Å². The van der Waals surface area contributed by atoms with Crippen molar-refractivity contribution in [1.29, 1.82) is 0 Å². The molecular weight excluding hydrogens is 310 g/mol. The van der Waals surface area contributed by atoms with E-state index in [1.807, 2.05) is 0 Å². The predicted molar refractivity (Wildman–Crippen MR) is 89.7 cm³/mol. The third-order valence-electron chi connectivity index (χ3n) is 5.22. The van der Waals surface area contributed by atoms with E-state index >= 15 is 0 Å². The van der Waals surface area contributed by atoms with E-state index in [0.29, 0.717) is 4.83 Å². The number of hydrogen-bond donors (Lipinski definition) is 0. The SMILES string of the molecule is CN(CC1CCCc2ccccc21)C1CCCCC1Br. The molecule has 110 valence electrons. The Hall–Kier alpha value is -0.340. The Labute approximate surface area is 131 Å². The molecule has 3 atom stereocenters. The van der Waals surface area contributed by atoms with Crippen LogP contribution in [0.25, 0.3) is 0 Å². The van der Waals surface area contributed by atoms with Gasteiger partial charge in [0.2, 0.25) is 0 Å². The standard InChI is InChI=1S/C18H26BrN/c1-20(18-12-5-4-11-17(18)19)13-15-9-6-8-14-7-2-3-10-16(14)15/h2-3,7,10,15,17-18H,4-6,8-9,11-13H2,1H3. The number of aryl methyl sites for hydroxylation is 1. The maximum atomic E-state index is 3.91. The van der Waals surface area contributed by atoms with Crippen molar-refractivity contribution in [2.75, 3.05) is 13.6 Å². The van der Waals surface area contributed by atoms with Gasteiger partial charge in [-0.05, 0) is 56.2 Å². The minimum Gasteiger partial charge on any atom is -0.302 e. The molecule has 0 bridgehead atoms. The van der Waals surface area contributed by atoms with Crippen LogP contribution in [0.2, 0.25) is 0 Å². The molecule has 0 radical (unpaired) electrons. The maximum Gasteiger partial charge on any atom is 0.0301 e. The molecule has 2 aliphatic carbocycles. The summed E-state index contributed by atoms with van der Waals surface area (Å²) in [4.78, 5) is 3.32. The lowest BCUT2D eigenvalue weighted by atomic mass is 9.82. The van der Waals surface area contributed by atoms with Crippen LogP contribution >= 0.6 is 15.9 Å². The smallest absolute Gasteiger partial charge is 0.0301 e. The highest BCUT2D eigenvalue weighted by Crippen LogP contribution is 2.34. The molecule has 1 aromatic rings. The summed E-state index contributed by atoms with van der Waals surface area (Å²) in [6.45, 7) is 1.23. The predicted octanol–water partition coefficient (Wildman–Crippen LogP) is 4.74. The van der Waals surface area contributed by atoms with Crippen LogP contribution in [0.1, 0.15) is 55.6 Å². The van der Waals surface area contributed by atoms with Crippen molar-refractivity contribution in [2.45, 2.75) is 61.7 Å². The highest BCUT2D eigenvalue weighted by molar-refractivity contribution is 9.09. The Bertz CT molecular complexity index is 445. The maximum absolute atomic E-state index is 3.91. The van der Waals surface area contributed by atoms with E-state index in [1.54, 1.807) is 11.1 Å². The minimum atomic E-state index is 0.695. The van der Waals surface area contributed by atoms with Crippen molar-refractivity contribution in [1.82, 2.24) is 4.90 Å². The van der Waals surface area contributed by atoms with Crippen LogP contribution in [-0.2, 0) is 6.42 Å². The lowest BCUT2D eigenvalue weighted by molar-refractivity contribution is 0.185. The molecule has 1 aromatic carbocycles. The van der Waals surface area contributed by atoms with Crippen LogP contribution in [0.15, 0.2) is 24.3 Å². The average Bonchev–Trinajstić information content (AvgIpc) is 2.48. The summed E-state index contributed by atoms with van der Waals surface area (Å²) in [5, 5.41) is 0. The molecule has 0 aliphatic heterocycles. The van der Waals surface area contributed by atoms with Gasteiger partial charge in [-0.3, -0.25) is 0 Å². The van der Waals surface area contributed by atoms with Gasteiger partial charge >= 0.3 is 0 Å². The number of likely N-dealkylation sites (N-methyl/N-ethyl adjacent to an activating group) is 1. The van der Waals surface area contributed by atoms with Gasteiger partial charge in [0.15, 0.2) is 0 Å². The lowest BCUT2D eigenvalue weighted by Crippen LogP contribution is -2.42. The molecule has 2 heteroatoms. The molecule has 1 saturated carbocycles. The van der Waals surface area contributed by atoms with Crippen molar-refractivity contribution < 1.29 is 0 Å². The number of fused-ring (bicyclic) bond motifs is 1. The Morgan fingerprint density at radius 3 is 2.75 bits per heavy atom. The van der Waals surface area contributed by atoms with Gasteiger partial charge < -0.3 is 4.90 Å². The van der Waals surface area contributed by atoms with Crippen LogP contribution in [-0.4, -0.2) is 29.4 Å². The van der Waals surface area contributed by atoms with E-state index in [9.17, 15) is 0 Å². The molecule has 1 nitrogen and oxygen atoms in total. The summed E-state index contributed by atoms with van der Waals surface area (Å²) in [6, 6.07) is 9.83. The fourth-order valence-corrected chi connectivity index (χ4v) is 5.08. The van der Waals surface area contributed by atoms with Gasteiger partial charge in [-0.1, -0.05) is 53.0 Å². The summed E-state index contributed by atoms with van der Waals surface area (Å²) in [7, 11) is 2.33. The first-order valence-electron chi connectivity index (χ1n) is 8.18. The topological polar surface area (TPSA) is 3.24 Å². The molecule has 1 fully saturated rings. The summed E-state index contributed by atoms with van der Waals surface area (Å²) in [5.41, 5.74) is 3.21. The van der Waals surface area contributed by atoms with Crippen molar-refractivity contribution in [3.05, 3.63) is 35.4 Å². The van der Waals surface area contributed by atoms with E-state index in [1.165, 1.54) is 51.5 Å². The van der Waals surface area contributed by atoms with Crippen molar-refractivity contribution >= 4 is 15.9 Å². The second kappa shape index (κ2) is 6.62. The second-order valence-corrected chi connectivity index (χ2v) is 7.77. The molecule has 3 unspecified atom stereocenters. The van der Waals surface area contributed by atoms with Gasteiger partial charge in [0, 0.05) is 17.4 Å². The highest BCUT2D eigenvalue weighted by atomic mass is 79.9. The summed E-state index contributed by atoms with van der Waals surface area (Å²) >= 11 is 3.91. The van der Waals surface area contributed by atoms with Gasteiger partial charge in [0.1, 0.15) is 0 Å². The number of rotatable bonds is 3. The third kappa shape index (κ3) is 3.12. The summed E-state index contributed by atoms with van der Waals surface area (Å²) in [6.07, 6.45) is 9.50. The Morgan fingerprint density at radius 1 is 1.10 bits per heavy atom. The first kappa shape index (κ1) is 14.6. The lowest BCUT2D eigenvalue weighted by Gasteiger charge is -2.38. The normalized spacial score (nSPS) is 30.2. The quantitative estimate of drug-likeness (QED) is 0.721. The van der Waals surface area contributed by atoms with E-state index in [4.69, 9.17) is 0 Å². The van der Waals surface area contributed by atoms with Crippen LogP contribution in [0.4, 0.5) is 0 Å². The van der Waals surface area contributed by atoms with Gasteiger partial charge in [-0.25, -0.2) is 0 Å². The zero-order valence-electron chi connectivity index (χ0n) is 12.5. The van der Waals surface area contributed by atoms with E-state index in [0.717, 1.165) is 12.0 Å². The number of nitrogens with zero attached hydrogens (tertiary/aromatic N) is 1. The Kier molecular flexibility index (Phi) is 4.83. The average molecular weight is 336 g/mol. The molecule has 20 heavy (non-hydrogen) atoms. The zero-order valence-corrected chi connectivity index (χ0v) is 14.1. The molecule has 0 amide bonds. The molecule has 0 N–H and O–H groups in total. The largest absolute Gasteiger partial charge is 0.302 e. The monoisotopic (exact) mass is 335 g/mol. The van der Waals surface area contributed by atoms with Gasteiger partial charge in [0.25, 0.3) is 0 Å². The van der Waals surface area contributed by atoms with Crippen LogP contribution in [0, 0.1) is 0 Å². The van der Waals surface area contributed by atoms with Crippen LogP contribution < -0.4 is 0 Å². The first-order valence-corrected chi connectivity index (χ1v) is 9.09. The Balaban J connectivity index is 1.69. The first-order chi connectivity index (χ1) is 9.75. The number of benzene rings is 1. The van der Waals surface area contributed by atoms with Crippen LogP contribution in [0.3, 0.4) is 0 Å². The van der Waals surface area contributed by atoms with Crippen molar-refractivity contribution in [2.24, 2.45) is 0 Å². The van der Waals surface area contributed by atoms with Crippen LogP contribution in [0.5, 0.6) is 0 Å². The number of halogens is 1. The number of hydrogen-bond acceptors (Lipinski definition) is 1. The zero-order chi connectivity index (χ0) is 13.9. The number of alkyl halides is 1. The highest BCUT2D eigenvalue weighted by Gasteiger charge is 2.29. The molecule has 0 aromatic heterocycles. The fourth-order valence-electron chi connectivity index (χ4n) is 4.09. The molecule has 2 aliphatic rings. The van der Waals surface area contributed by atoms with E-state index < -0.39 is 0 Å². The second-order valence-electron chi connectivity index (χ2n) is 6.60. The summed E-state index contributed by atoms with van der Waals surface area (Å²) < 4.78 is 0. The van der Waals surface area contributed by atoms with Gasteiger partial charge in [-0.2, -0.15) is 0 Å². The van der Waals surface area contributed by atoms with Crippen molar-refractivity contribution in [3.8, 4) is 0 Å². The molecule has 0 spiro atoms. The van der Waals surface area contributed by atoms with Gasteiger partial charge in [0.05, 0.1) is 0 Å². The minimum absolute atomic E-state index is 0.695. The van der Waals surface area contributed by atoms with E-state index in [-0.39, 0.29) is 0 Å². The third-order valence-corrected chi connectivity index (χ3v) is 6.28. The van der Waals surface area contributed by atoms with Gasteiger partial charge in [-0.15, -0.1) is 0 Å². The molecule has 3 rings (SSSR count). The summed E-state index contributed by atoms with van der Waals surface area (Å²) in [5.74, 6) is 0.742. The molecular formula is C18H26BrN. The Morgan fingerprint density at radius 2 is 1.90 bits per heavy atom. The molecule has 0 saturated heterocycles. The fraction of sp³-hybridized carbons (Fsp3) is 0.667. The molecule has 0 heterocycles.